The van der Waals surface area contributed by atoms with Crippen LogP contribution in [0, 0.1) is 11.8 Å². The zero-order valence-corrected chi connectivity index (χ0v) is 12.1. The Bertz CT molecular complexity index is 259. The van der Waals surface area contributed by atoms with E-state index in [0.29, 0.717) is 0 Å². The molecule has 5 heteroatoms. The molecule has 0 aliphatic carbocycles. The minimum atomic E-state index is 0. The zero-order valence-electron chi connectivity index (χ0n) is 11.3. The van der Waals surface area contributed by atoms with Gasteiger partial charge in [0.25, 0.3) is 0 Å². The van der Waals surface area contributed by atoms with Gasteiger partial charge in [0, 0.05) is 13.1 Å². The van der Waals surface area contributed by atoms with Gasteiger partial charge in [0.05, 0.1) is 6.54 Å². The normalized spacial score (nSPS) is 23.8. The number of carbonyl (C=O) groups is 1. The van der Waals surface area contributed by atoms with Crippen molar-refractivity contribution in [3.8, 4) is 0 Å². The SMILES string of the molecule is CN1CCC(C2CCN(C(=O)CN)CC2)CC1.Cl. The second-order valence-electron chi connectivity index (χ2n) is 5.56. The zero-order chi connectivity index (χ0) is 12.3. The maximum absolute atomic E-state index is 11.5. The van der Waals surface area contributed by atoms with Gasteiger partial charge in [-0.1, -0.05) is 0 Å². The van der Waals surface area contributed by atoms with Crippen molar-refractivity contribution in [2.24, 2.45) is 17.6 Å². The van der Waals surface area contributed by atoms with Crippen LogP contribution in [0.25, 0.3) is 0 Å². The molecule has 0 atom stereocenters. The monoisotopic (exact) mass is 275 g/mol. The molecule has 2 aliphatic rings. The number of carbonyl (C=O) groups excluding carboxylic acids is 1. The van der Waals surface area contributed by atoms with Crippen molar-refractivity contribution in [1.82, 2.24) is 9.80 Å². The van der Waals surface area contributed by atoms with Gasteiger partial charge < -0.3 is 15.5 Å². The fourth-order valence-electron chi connectivity index (χ4n) is 3.25. The topological polar surface area (TPSA) is 49.6 Å². The summed E-state index contributed by atoms with van der Waals surface area (Å²) in [5, 5.41) is 0. The van der Waals surface area contributed by atoms with Crippen LogP contribution in [-0.4, -0.2) is 55.5 Å². The van der Waals surface area contributed by atoms with Crippen LogP contribution >= 0.6 is 12.4 Å². The number of piperidine rings is 2. The van der Waals surface area contributed by atoms with Gasteiger partial charge in [0.1, 0.15) is 0 Å². The Balaban J connectivity index is 0.00000162. The molecule has 0 spiro atoms. The fourth-order valence-corrected chi connectivity index (χ4v) is 3.25. The van der Waals surface area contributed by atoms with Crippen molar-refractivity contribution >= 4 is 18.3 Å². The number of nitrogens with zero attached hydrogens (tertiary/aromatic N) is 2. The number of amides is 1. The average Bonchev–Trinajstić information content (AvgIpc) is 2.39. The lowest BCUT2D eigenvalue weighted by Crippen LogP contribution is -2.44. The third-order valence-corrected chi connectivity index (χ3v) is 4.50. The van der Waals surface area contributed by atoms with E-state index in [1.807, 2.05) is 4.90 Å². The Morgan fingerprint density at radius 1 is 1.06 bits per heavy atom. The number of rotatable bonds is 2. The summed E-state index contributed by atoms with van der Waals surface area (Å²) in [5.74, 6) is 1.85. The molecule has 1 amide bonds. The highest BCUT2D eigenvalue weighted by atomic mass is 35.5. The molecule has 18 heavy (non-hydrogen) atoms. The van der Waals surface area contributed by atoms with Gasteiger partial charge in [-0.2, -0.15) is 0 Å². The maximum atomic E-state index is 11.5. The number of hydrogen-bond donors (Lipinski definition) is 1. The summed E-state index contributed by atoms with van der Waals surface area (Å²) in [6.45, 7) is 4.50. The highest BCUT2D eigenvalue weighted by molar-refractivity contribution is 5.85. The Hall–Kier alpha value is -0.320. The van der Waals surface area contributed by atoms with Crippen LogP contribution in [0.5, 0.6) is 0 Å². The van der Waals surface area contributed by atoms with Gasteiger partial charge in [0.2, 0.25) is 5.91 Å². The second-order valence-corrected chi connectivity index (χ2v) is 5.56. The summed E-state index contributed by atoms with van der Waals surface area (Å²) in [7, 11) is 2.21. The number of halogens is 1. The van der Waals surface area contributed by atoms with Crippen LogP contribution in [-0.2, 0) is 4.79 Å². The number of likely N-dealkylation sites (tertiary alicyclic amines) is 2. The summed E-state index contributed by atoms with van der Waals surface area (Å²) >= 11 is 0. The highest BCUT2D eigenvalue weighted by Crippen LogP contribution is 2.31. The van der Waals surface area contributed by atoms with Gasteiger partial charge >= 0.3 is 0 Å². The first-order chi connectivity index (χ1) is 8.20. The van der Waals surface area contributed by atoms with E-state index in [4.69, 9.17) is 5.73 Å². The Labute approximate surface area is 116 Å². The van der Waals surface area contributed by atoms with Crippen LogP contribution in [0.15, 0.2) is 0 Å². The quantitative estimate of drug-likeness (QED) is 0.816. The first-order valence-electron chi connectivity index (χ1n) is 6.87. The van der Waals surface area contributed by atoms with E-state index in [1.165, 1.54) is 38.8 Å². The smallest absolute Gasteiger partial charge is 0.236 e. The van der Waals surface area contributed by atoms with E-state index in [9.17, 15) is 4.79 Å². The van der Waals surface area contributed by atoms with Gasteiger partial charge in [-0.05, 0) is 57.7 Å². The van der Waals surface area contributed by atoms with E-state index in [1.54, 1.807) is 0 Å². The molecule has 0 aromatic rings. The predicted molar refractivity (Wildman–Crippen MR) is 75.8 cm³/mol. The van der Waals surface area contributed by atoms with Crippen molar-refractivity contribution in [3.63, 3.8) is 0 Å². The van der Waals surface area contributed by atoms with E-state index < -0.39 is 0 Å². The first-order valence-corrected chi connectivity index (χ1v) is 6.87. The molecule has 0 saturated carbocycles. The average molecular weight is 276 g/mol. The third kappa shape index (κ3) is 3.84. The van der Waals surface area contributed by atoms with E-state index >= 15 is 0 Å². The second kappa shape index (κ2) is 7.31. The van der Waals surface area contributed by atoms with Gasteiger partial charge in [-0.3, -0.25) is 4.79 Å². The maximum Gasteiger partial charge on any atom is 0.236 e. The lowest BCUT2D eigenvalue weighted by molar-refractivity contribution is -0.131. The van der Waals surface area contributed by atoms with Gasteiger partial charge in [0.15, 0.2) is 0 Å². The van der Waals surface area contributed by atoms with E-state index in [2.05, 4.69) is 11.9 Å². The molecular weight excluding hydrogens is 250 g/mol. The summed E-state index contributed by atoms with van der Waals surface area (Å²) in [5.41, 5.74) is 5.40. The van der Waals surface area contributed by atoms with Gasteiger partial charge in [-0.15, -0.1) is 12.4 Å². The molecule has 2 saturated heterocycles. The van der Waals surface area contributed by atoms with E-state index in [0.717, 1.165) is 24.9 Å². The van der Waals surface area contributed by atoms with Crippen LogP contribution in [0.3, 0.4) is 0 Å². The third-order valence-electron chi connectivity index (χ3n) is 4.50. The van der Waals surface area contributed by atoms with Crippen molar-refractivity contribution in [1.29, 1.82) is 0 Å². The summed E-state index contributed by atoms with van der Waals surface area (Å²) in [4.78, 5) is 15.8. The largest absolute Gasteiger partial charge is 0.342 e. The van der Waals surface area contributed by atoms with Crippen molar-refractivity contribution < 1.29 is 4.79 Å². The fraction of sp³-hybridized carbons (Fsp3) is 0.923. The summed E-state index contributed by atoms with van der Waals surface area (Å²) in [6, 6.07) is 0. The van der Waals surface area contributed by atoms with Crippen molar-refractivity contribution in [2.75, 3.05) is 39.8 Å². The van der Waals surface area contributed by atoms with Gasteiger partial charge in [-0.25, -0.2) is 0 Å². The molecule has 0 aromatic carbocycles. The molecule has 2 fully saturated rings. The predicted octanol–water partition coefficient (Wildman–Crippen LogP) is 0.947. The Morgan fingerprint density at radius 3 is 1.94 bits per heavy atom. The molecule has 2 aliphatic heterocycles. The van der Waals surface area contributed by atoms with Crippen LogP contribution in [0.4, 0.5) is 0 Å². The van der Waals surface area contributed by atoms with E-state index in [-0.39, 0.29) is 24.9 Å². The van der Waals surface area contributed by atoms with Crippen LogP contribution < -0.4 is 5.73 Å². The standard InChI is InChI=1S/C13H25N3O.ClH/c1-15-6-2-11(3-7-15)12-4-8-16(9-5-12)13(17)10-14;/h11-12H,2-10,14H2,1H3;1H. The van der Waals surface area contributed by atoms with Crippen LogP contribution in [0.1, 0.15) is 25.7 Å². The molecule has 0 unspecified atom stereocenters. The molecule has 0 radical (unpaired) electrons. The minimum absolute atomic E-state index is 0. The van der Waals surface area contributed by atoms with Crippen molar-refractivity contribution in [2.45, 2.75) is 25.7 Å². The number of nitrogens with two attached hydrogens (primary N) is 1. The minimum Gasteiger partial charge on any atom is -0.342 e. The molecule has 4 nitrogen and oxygen atoms in total. The molecule has 2 rings (SSSR count). The number of hydrogen-bond acceptors (Lipinski definition) is 3. The summed E-state index contributed by atoms with van der Waals surface area (Å²) < 4.78 is 0. The summed E-state index contributed by atoms with van der Waals surface area (Å²) in [6.07, 6.45) is 5.04. The first kappa shape index (κ1) is 15.7. The lowest BCUT2D eigenvalue weighted by atomic mass is 9.79. The molecular formula is C13H26ClN3O. The van der Waals surface area contributed by atoms with Crippen molar-refractivity contribution in [3.05, 3.63) is 0 Å². The molecule has 0 bridgehead atoms. The molecule has 2 N–H and O–H groups in total. The molecule has 106 valence electrons. The molecule has 0 aromatic heterocycles. The Morgan fingerprint density at radius 2 is 1.50 bits per heavy atom. The lowest BCUT2D eigenvalue weighted by Gasteiger charge is -2.39. The molecule has 2 heterocycles. The Kier molecular flexibility index (Phi) is 6.39. The highest BCUT2D eigenvalue weighted by Gasteiger charge is 2.29. The van der Waals surface area contributed by atoms with Crippen LogP contribution in [0.2, 0.25) is 0 Å².